The van der Waals surface area contributed by atoms with Crippen LogP contribution in [-0.2, 0) is 6.54 Å². The van der Waals surface area contributed by atoms with Gasteiger partial charge in [-0.25, -0.2) is 4.99 Å². The minimum Gasteiger partial charge on any atom is -0.488 e. The number of hydrogen-bond acceptors (Lipinski definition) is 3. The number of halogens is 2. The number of nitrogens with one attached hydrogen (secondary N) is 2. The van der Waals surface area contributed by atoms with E-state index in [0.717, 1.165) is 28.5 Å². The minimum atomic E-state index is 0. The Morgan fingerprint density at radius 1 is 1.25 bits per heavy atom. The zero-order chi connectivity index (χ0) is 16.5. The van der Waals surface area contributed by atoms with Gasteiger partial charge in [-0.2, -0.15) is 0 Å². The van der Waals surface area contributed by atoms with Crippen molar-refractivity contribution in [2.75, 3.05) is 13.1 Å². The average molecular weight is 508 g/mol. The van der Waals surface area contributed by atoms with E-state index >= 15 is 0 Å². The molecule has 0 aliphatic heterocycles. The van der Waals surface area contributed by atoms with Crippen LogP contribution >= 0.6 is 39.9 Å². The number of rotatable bonds is 7. The smallest absolute Gasteiger partial charge is 0.191 e. The first-order valence-corrected chi connectivity index (χ1v) is 8.44. The molecule has 132 valence electrons. The number of nitrogens with zero attached hydrogens (tertiary/aromatic N) is 1. The summed E-state index contributed by atoms with van der Waals surface area (Å²) in [6, 6.07) is 11.6. The molecule has 1 unspecified atom stereocenters. The molecule has 2 rings (SSSR count). The molecule has 7 heteroatoms. The van der Waals surface area contributed by atoms with Crippen LogP contribution in [0.25, 0.3) is 0 Å². The first-order valence-electron chi connectivity index (χ1n) is 7.64. The van der Waals surface area contributed by atoms with Crippen molar-refractivity contribution in [1.82, 2.24) is 10.6 Å². The zero-order valence-electron chi connectivity index (χ0n) is 13.8. The number of para-hydroxylation sites is 1. The van der Waals surface area contributed by atoms with Crippen molar-refractivity contribution in [2.24, 2.45) is 4.99 Å². The monoisotopic (exact) mass is 507 g/mol. The molecule has 0 aliphatic rings. The maximum atomic E-state index is 5.91. The Morgan fingerprint density at radius 3 is 2.71 bits per heavy atom. The quantitative estimate of drug-likeness (QED) is 0.335. The molecule has 1 aromatic carbocycles. The van der Waals surface area contributed by atoms with Crippen molar-refractivity contribution in [3.8, 4) is 5.75 Å². The van der Waals surface area contributed by atoms with Gasteiger partial charge in [0.05, 0.1) is 17.3 Å². The van der Waals surface area contributed by atoms with Gasteiger partial charge in [0.1, 0.15) is 24.2 Å². The Bertz CT molecular complexity index is 620. The van der Waals surface area contributed by atoms with Crippen molar-refractivity contribution < 1.29 is 9.15 Å². The second kappa shape index (κ2) is 11.4. The molecule has 0 saturated carbocycles. The fraction of sp³-hybridized carbons (Fsp3) is 0.353. The van der Waals surface area contributed by atoms with Crippen LogP contribution in [-0.4, -0.2) is 25.2 Å². The van der Waals surface area contributed by atoms with Crippen LogP contribution in [0.5, 0.6) is 5.75 Å². The molecular formula is C17H23BrIN3O2. The molecule has 0 saturated heterocycles. The highest BCUT2D eigenvalue weighted by atomic mass is 127. The van der Waals surface area contributed by atoms with Crippen molar-refractivity contribution in [2.45, 2.75) is 26.5 Å². The van der Waals surface area contributed by atoms with Gasteiger partial charge in [-0.05, 0) is 54.0 Å². The van der Waals surface area contributed by atoms with Crippen LogP contribution < -0.4 is 15.4 Å². The van der Waals surface area contributed by atoms with E-state index in [-0.39, 0.29) is 30.1 Å². The van der Waals surface area contributed by atoms with Gasteiger partial charge in [-0.3, -0.25) is 0 Å². The van der Waals surface area contributed by atoms with Crippen LogP contribution in [0.1, 0.15) is 19.6 Å². The number of ether oxygens (including phenoxy) is 1. The fourth-order valence-electron chi connectivity index (χ4n) is 1.94. The van der Waals surface area contributed by atoms with Crippen molar-refractivity contribution in [3.63, 3.8) is 0 Å². The maximum absolute atomic E-state index is 5.91. The van der Waals surface area contributed by atoms with Crippen LogP contribution in [0.4, 0.5) is 0 Å². The Hall–Kier alpha value is -1.22. The van der Waals surface area contributed by atoms with Crippen LogP contribution in [0, 0.1) is 0 Å². The van der Waals surface area contributed by atoms with E-state index in [4.69, 9.17) is 9.15 Å². The third-order valence-corrected chi connectivity index (χ3v) is 3.69. The highest BCUT2D eigenvalue weighted by molar-refractivity contribution is 14.0. The molecule has 1 atom stereocenters. The minimum absolute atomic E-state index is 0. The van der Waals surface area contributed by atoms with Crippen molar-refractivity contribution >= 4 is 45.9 Å². The van der Waals surface area contributed by atoms with E-state index in [9.17, 15) is 0 Å². The summed E-state index contributed by atoms with van der Waals surface area (Å²) in [7, 11) is 0. The summed E-state index contributed by atoms with van der Waals surface area (Å²) in [6.45, 7) is 5.99. The third kappa shape index (κ3) is 7.12. The van der Waals surface area contributed by atoms with E-state index < -0.39 is 0 Å². The zero-order valence-corrected chi connectivity index (χ0v) is 17.7. The molecule has 0 bridgehead atoms. The lowest BCUT2D eigenvalue weighted by Gasteiger charge is -2.18. The number of benzene rings is 1. The Labute approximate surface area is 168 Å². The topological polar surface area (TPSA) is 58.8 Å². The van der Waals surface area contributed by atoms with E-state index in [2.05, 4.69) is 31.6 Å². The highest BCUT2D eigenvalue weighted by Gasteiger charge is 2.08. The predicted molar refractivity (Wildman–Crippen MR) is 111 cm³/mol. The number of furan rings is 1. The lowest BCUT2D eigenvalue weighted by Crippen LogP contribution is -2.41. The molecule has 24 heavy (non-hydrogen) atoms. The fourth-order valence-corrected chi connectivity index (χ4v) is 2.32. The Kier molecular flexibility index (Phi) is 9.85. The van der Waals surface area contributed by atoms with Gasteiger partial charge in [0.15, 0.2) is 5.96 Å². The first kappa shape index (κ1) is 20.8. The lowest BCUT2D eigenvalue weighted by molar-refractivity contribution is 0.222. The Morgan fingerprint density at radius 2 is 2.04 bits per heavy atom. The summed E-state index contributed by atoms with van der Waals surface area (Å²) in [5, 5.41) is 6.49. The molecule has 0 aliphatic carbocycles. The molecule has 0 amide bonds. The summed E-state index contributed by atoms with van der Waals surface area (Å²) < 4.78 is 12.1. The van der Waals surface area contributed by atoms with Crippen molar-refractivity contribution in [3.05, 3.63) is 52.9 Å². The second-order valence-corrected chi connectivity index (χ2v) is 5.87. The van der Waals surface area contributed by atoms with E-state index in [1.807, 2.05) is 50.2 Å². The van der Waals surface area contributed by atoms with Gasteiger partial charge >= 0.3 is 0 Å². The molecule has 2 aromatic rings. The average Bonchev–Trinajstić information content (AvgIpc) is 3.06. The van der Waals surface area contributed by atoms with Crippen LogP contribution in [0.2, 0.25) is 0 Å². The summed E-state index contributed by atoms with van der Waals surface area (Å²) >= 11 is 3.48. The highest BCUT2D eigenvalue weighted by Crippen LogP contribution is 2.24. The lowest BCUT2D eigenvalue weighted by atomic mass is 10.3. The molecule has 1 aromatic heterocycles. The molecule has 0 fully saturated rings. The van der Waals surface area contributed by atoms with Crippen LogP contribution in [0.3, 0.4) is 0 Å². The van der Waals surface area contributed by atoms with Gasteiger partial charge in [0, 0.05) is 6.54 Å². The molecular weight excluding hydrogens is 485 g/mol. The predicted octanol–water partition coefficient (Wildman–Crippen LogP) is 4.18. The van der Waals surface area contributed by atoms with Gasteiger partial charge < -0.3 is 19.8 Å². The molecule has 5 nitrogen and oxygen atoms in total. The Balaban J connectivity index is 0.00000288. The molecule has 0 spiro atoms. The summed E-state index contributed by atoms with van der Waals surface area (Å²) in [5.41, 5.74) is 0. The molecule has 0 radical (unpaired) electrons. The molecule has 2 N–H and O–H groups in total. The summed E-state index contributed by atoms with van der Waals surface area (Å²) in [6.07, 6.45) is 1.65. The van der Waals surface area contributed by atoms with E-state index in [0.29, 0.717) is 13.1 Å². The molecule has 1 heterocycles. The third-order valence-electron chi connectivity index (χ3n) is 3.04. The standard InChI is InChI=1S/C17H22BrN3O2.HI/c1-3-19-17(21-12-14-7-6-10-22-14)20-11-13(2)23-16-9-5-4-8-15(16)18;/h4-10,13H,3,11-12H2,1-2H3,(H2,19,20,21);1H. The number of aliphatic imine (C=N–C) groups is 1. The summed E-state index contributed by atoms with van der Waals surface area (Å²) in [4.78, 5) is 4.49. The summed E-state index contributed by atoms with van der Waals surface area (Å²) in [5.74, 6) is 2.41. The maximum Gasteiger partial charge on any atom is 0.191 e. The number of guanidine groups is 1. The van der Waals surface area contributed by atoms with E-state index in [1.54, 1.807) is 6.26 Å². The van der Waals surface area contributed by atoms with Gasteiger partial charge in [0.2, 0.25) is 0 Å². The SMILES string of the molecule is CCNC(=NCc1ccco1)NCC(C)Oc1ccccc1Br.I. The van der Waals surface area contributed by atoms with Crippen molar-refractivity contribution in [1.29, 1.82) is 0 Å². The first-order chi connectivity index (χ1) is 11.2. The van der Waals surface area contributed by atoms with E-state index in [1.165, 1.54) is 0 Å². The second-order valence-electron chi connectivity index (χ2n) is 5.01. The largest absolute Gasteiger partial charge is 0.488 e. The normalized spacial score (nSPS) is 12.2. The van der Waals surface area contributed by atoms with Gasteiger partial charge in [-0.15, -0.1) is 24.0 Å². The van der Waals surface area contributed by atoms with Gasteiger partial charge in [-0.1, -0.05) is 12.1 Å². The van der Waals surface area contributed by atoms with Crippen LogP contribution in [0.15, 0.2) is 56.5 Å². The number of hydrogen-bond donors (Lipinski definition) is 2. The van der Waals surface area contributed by atoms with Gasteiger partial charge in [0.25, 0.3) is 0 Å².